The number of alkyl halides is 2. The molecule has 2 amide bonds. The highest BCUT2D eigenvalue weighted by molar-refractivity contribution is 6.31. The number of carbonyl (C=O) groups is 2. The zero-order valence-electron chi connectivity index (χ0n) is 39.7. The molecule has 5 fully saturated rings. The van der Waals surface area contributed by atoms with Crippen LogP contribution in [0.25, 0.3) is 11.1 Å². The van der Waals surface area contributed by atoms with Crippen LogP contribution in [0.15, 0.2) is 54.9 Å². The molecule has 2 saturated carbocycles. The lowest BCUT2D eigenvalue weighted by Gasteiger charge is -2.54. The van der Waals surface area contributed by atoms with Gasteiger partial charge in [-0.25, -0.2) is 8.78 Å². The summed E-state index contributed by atoms with van der Waals surface area (Å²) in [6.45, 7) is 8.27. The summed E-state index contributed by atoms with van der Waals surface area (Å²) in [4.78, 5) is 34.9. The van der Waals surface area contributed by atoms with Crippen LogP contribution in [0.1, 0.15) is 109 Å². The summed E-state index contributed by atoms with van der Waals surface area (Å²) in [6.07, 6.45) is 9.62. The second kappa shape index (κ2) is 19.2. The third-order valence-electron chi connectivity index (χ3n) is 15.9. The molecular formula is C52H59ClF2N12O3. The van der Waals surface area contributed by atoms with Crippen LogP contribution in [-0.2, 0) is 31.2 Å². The number of hydrogen-bond donors (Lipinski definition) is 1. The van der Waals surface area contributed by atoms with E-state index in [1.54, 1.807) is 61.4 Å². The number of amides is 2. The van der Waals surface area contributed by atoms with Gasteiger partial charge in [-0.15, -0.1) is 10.2 Å². The molecule has 3 aromatic heterocycles. The van der Waals surface area contributed by atoms with E-state index in [4.69, 9.17) is 26.7 Å². The van der Waals surface area contributed by atoms with Crippen molar-refractivity contribution in [2.24, 2.45) is 24.8 Å². The monoisotopic (exact) mass is 972 g/mol. The van der Waals surface area contributed by atoms with Gasteiger partial charge >= 0.3 is 0 Å². The van der Waals surface area contributed by atoms with Crippen molar-refractivity contribution in [1.82, 2.24) is 44.9 Å². The minimum atomic E-state index is -2.66. The molecule has 15 nitrogen and oxygen atoms in total. The molecule has 8 heterocycles. The highest BCUT2D eigenvalue weighted by Gasteiger charge is 2.50. The minimum absolute atomic E-state index is 0.00648. The predicted molar refractivity (Wildman–Crippen MR) is 260 cm³/mol. The number of hydrogen-bond acceptors (Lipinski definition) is 11. The lowest BCUT2D eigenvalue weighted by Crippen LogP contribution is -2.57. The number of rotatable bonds is 11. The normalized spacial score (nSPS) is 23.6. The summed E-state index contributed by atoms with van der Waals surface area (Å²) >= 11 is 6.18. The van der Waals surface area contributed by atoms with Gasteiger partial charge in [-0.1, -0.05) is 11.6 Å². The largest absolute Gasteiger partial charge is 0.490 e. The second-order valence-corrected chi connectivity index (χ2v) is 20.8. The third kappa shape index (κ3) is 9.09. The molecule has 3 saturated heterocycles. The van der Waals surface area contributed by atoms with Gasteiger partial charge in [-0.3, -0.25) is 19.0 Å². The number of halogens is 3. The van der Waals surface area contributed by atoms with E-state index in [1.165, 1.54) is 12.1 Å². The lowest BCUT2D eigenvalue weighted by atomic mass is 9.66. The standard InChI is InChI=1S/C52H59ClF2N12O3/c1-31(68)65-19-15-46-43(30-65)51(66-16-3-4-33-21-41(37-25-57-62(2)27-37)42(50(54)55)23-47(33)66)61-67(46)49-35-20-36(49)29-63(28-35)26-32-13-17-64(18-14-32)48-12-11-45(59-60-48)52(69)58-38-6-9-39(10-7-38)70-40-8-5-34(24-56)44(53)22-40/h5,8,11-12,21-23,25,27,32,35-36,38-39,49-50H,3-4,6-7,9-10,13-20,26,28-30H2,1-2H3,(H,58,69). The van der Waals surface area contributed by atoms with E-state index < -0.39 is 6.43 Å². The number of aryl methyl sites for hydroxylation is 2. The van der Waals surface area contributed by atoms with Crippen molar-refractivity contribution in [2.75, 3.05) is 55.6 Å². The van der Waals surface area contributed by atoms with Gasteiger partial charge < -0.3 is 29.7 Å². The Morgan fingerprint density at radius 1 is 0.971 bits per heavy atom. The highest BCUT2D eigenvalue weighted by Crippen LogP contribution is 2.51. The molecule has 7 aliphatic rings. The van der Waals surface area contributed by atoms with E-state index in [0.717, 1.165) is 119 Å². The summed E-state index contributed by atoms with van der Waals surface area (Å²) in [7, 11) is 1.79. The molecule has 1 N–H and O–H groups in total. The summed E-state index contributed by atoms with van der Waals surface area (Å²) in [5.74, 6) is 3.57. The van der Waals surface area contributed by atoms with Crippen molar-refractivity contribution in [3.63, 3.8) is 0 Å². The first-order valence-electron chi connectivity index (χ1n) is 25.0. The van der Waals surface area contributed by atoms with E-state index in [1.807, 2.05) is 17.0 Å². The van der Waals surface area contributed by atoms with Gasteiger partial charge in [0.05, 0.1) is 35.5 Å². The smallest absolute Gasteiger partial charge is 0.272 e. The van der Waals surface area contributed by atoms with E-state index in [-0.39, 0.29) is 35.6 Å². The Balaban J connectivity index is 0.694. The van der Waals surface area contributed by atoms with Crippen LogP contribution >= 0.6 is 11.6 Å². The SMILES string of the molecule is CC(=O)N1CCc2c(c(N3CCCc4cc(-c5cnn(C)c5)c(C(F)F)cc43)nn2C2C3CC2CN(CC2CCN(c4ccc(C(=O)NC5CCC(Oc6ccc(C#N)c(Cl)c6)CC5)nn4)CC2)C3)C1. The van der Waals surface area contributed by atoms with Crippen molar-refractivity contribution in [3.05, 3.63) is 93.5 Å². The zero-order valence-corrected chi connectivity index (χ0v) is 40.5. The molecule has 2 aliphatic carbocycles. The Kier molecular flexibility index (Phi) is 12.7. The van der Waals surface area contributed by atoms with Crippen molar-refractivity contribution < 1.29 is 23.1 Å². The summed E-state index contributed by atoms with van der Waals surface area (Å²) in [5, 5.41) is 31.2. The van der Waals surface area contributed by atoms with Crippen molar-refractivity contribution >= 4 is 40.7 Å². The summed E-state index contributed by atoms with van der Waals surface area (Å²) < 4.78 is 39.7. The quantitative estimate of drug-likeness (QED) is 0.137. The number of anilines is 3. The van der Waals surface area contributed by atoms with E-state index in [0.29, 0.717) is 70.5 Å². The van der Waals surface area contributed by atoms with Crippen LogP contribution in [0.3, 0.4) is 0 Å². The molecule has 70 heavy (non-hydrogen) atoms. The molecule has 2 bridgehead atoms. The first-order valence-corrected chi connectivity index (χ1v) is 25.4. The van der Waals surface area contributed by atoms with E-state index in [9.17, 15) is 18.4 Å². The number of ether oxygens (including phenoxy) is 1. The van der Waals surface area contributed by atoms with Gasteiger partial charge in [0, 0.05) is 113 Å². The van der Waals surface area contributed by atoms with E-state index in [2.05, 4.69) is 46.1 Å². The number of fused-ring (bicyclic) bond motifs is 4. The molecule has 18 heteroatoms. The Morgan fingerprint density at radius 2 is 1.77 bits per heavy atom. The maximum absolute atomic E-state index is 14.8. The topological polar surface area (TPSA) is 154 Å². The molecule has 0 spiro atoms. The fourth-order valence-electron chi connectivity index (χ4n) is 12.3. The Morgan fingerprint density at radius 3 is 2.46 bits per heavy atom. The average Bonchev–Trinajstić information content (AvgIpc) is 3.97. The maximum atomic E-state index is 14.8. The predicted octanol–water partition coefficient (Wildman–Crippen LogP) is 8.05. The zero-order chi connectivity index (χ0) is 48.2. The van der Waals surface area contributed by atoms with Crippen LogP contribution in [0.2, 0.25) is 5.02 Å². The van der Waals surface area contributed by atoms with Crippen molar-refractivity contribution in [1.29, 1.82) is 5.26 Å². The van der Waals surface area contributed by atoms with Crippen LogP contribution in [0, 0.1) is 29.1 Å². The molecule has 12 rings (SSSR count). The molecule has 0 radical (unpaired) electrons. The number of piperidine rings is 3. The lowest BCUT2D eigenvalue weighted by molar-refractivity contribution is -0.129. The first kappa shape index (κ1) is 46.3. The van der Waals surface area contributed by atoms with Gasteiger partial charge in [0.15, 0.2) is 17.3 Å². The maximum Gasteiger partial charge on any atom is 0.272 e. The van der Waals surface area contributed by atoms with Gasteiger partial charge in [-0.05, 0) is 123 Å². The molecule has 5 aromatic rings. The number of benzene rings is 2. The molecular weight excluding hydrogens is 914 g/mol. The van der Waals surface area contributed by atoms with Gasteiger partial charge in [0.1, 0.15) is 11.8 Å². The van der Waals surface area contributed by atoms with Crippen LogP contribution in [0.4, 0.5) is 26.1 Å². The highest BCUT2D eigenvalue weighted by atomic mass is 35.5. The Bertz CT molecular complexity index is 2800. The molecule has 5 aliphatic heterocycles. The fourth-order valence-corrected chi connectivity index (χ4v) is 12.5. The van der Waals surface area contributed by atoms with Gasteiger partial charge in [0.2, 0.25) is 5.91 Å². The minimum Gasteiger partial charge on any atom is -0.490 e. The van der Waals surface area contributed by atoms with Crippen LogP contribution in [-0.4, -0.2) is 109 Å². The second-order valence-electron chi connectivity index (χ2n) is 20.4. The van der Waals surface area contributed by atoms with Gasteiger partial charge in [0.25, 0.3) is 12.3 Å². The Hall–Kier alpha value is -6.12. The number of nitriles is 1. The summed E-state index contributed by atoms with van der Waals surface area (Å²) in [6, 6.07) is 14.8. The number of carbonyl (C=O) groups excluding carboxylic acids is 2. The number of nitrogens with one attached hydrogen (secondary N) is 1. The fraction of sp³-hybridized carbons (Fsp3) is 0.519. The number of aromatic nitrogens is 6. The first-order chi connectivity index (χ1) is 34.0. The van der Waals surface area contributed by atoms with Crippen molar-refractivity contribution in [2.45, 2.75) is 102 Å². The van der Waals surface area contributed by atoms with Crippen LogP contribution < -0.4 is 19.9 Å². The average molecular weight is 974 g/mol. The van der Waals surface area contributed by atoms with Crippen LogP contribution in [0.5, 0.6) is 5.75 Å². The molecule has 366 valence electrons. The summed E-state index contributed by atoms with van der Waals surface area (Å²) in [5.41, 5.74) is 5.97. The third-order valence-corrected chi connectivity index (χ3v) is 16.2. The number of nitrogens with zero attached hydrogens (tertiary/aromatic N) is 11. The van der Waals surface area contributed by atoms with Crippen molar-refractivity contribution in [3.8, 4) is 22.9 Å². The Labute approximate surface area is 411 Å². The molecule has 2 aromatic carbocycles. The molecule has 2 unspecified atom stereocenters. The van der Waals surface area contributed by atoms with Gasteiger partial charge in [-0.2, -0.15) is 15.5 Å². The van der Waals surface area contributed by atoms with E-state index >= 15 is 0 Å². The molecule has 2 atom stereocenters.